The maximum absolute atomic E-state index is 12.4. The van der Waals surface area contributed by atoms with E-state index in [1.807, 2.05) is 4.90 Å². The van der Waals surface area contributed by atoms with Gasteiger partial charge in [0.15, 0.2) is 0 Å². The average Bonchev–Trinajstić information content (AvgIpc) is 2.59. The van der Waals surface area contributed by atoms with Crippen molar-refractivity contribution in [2.75, 3.05) is 26.8 Å². The Hall–Kier alpha value is -1.89. The summed E-state index contributed by atoms with van der Waals surface area (Å²) in [5.74, 6) is -0.953. The van der Waals surface area contributed by atoms with Crippen LogP contribution in [0.5, 0.6) is 0 Å². The Morgan fingerprint density at radius 3 is 2.80 bits per heavy atom. The topological polar surface area (TPSA) is 76.1 Å². The van der Waals surface area contributed by atoms with E-state index >= 15 is 0 Å². The monoisotopic (exact) mass is 367 g/mol. The molecule has 2 rings (SSSR count). The molecule has 25 heavy (non-hydrogen) atoms. The number of hydrogen-bond acceptors (Lipinski definition) is 6. The molecule has 7 heteroatoms. The summed E-state index contributed by atoms with van der Waals surface area (Å²) in [5, 5.41) is 10.6. The van der Waals surface area contributed by atoms with Crippen LogP contribution in [0, 0.1) is 0 Å². The third kappa shape index (κ3) is 4.81. The lowest BCUT2D eigenvalue weighted by atomic mass is 9.96. The Balaban J connectivity index is 2.30. The van der Waals surface area contributed by atoms with Gasteiger partial charge in [-0.05, 0) is 30.5 Å². The molecule has 0 amide bonds. The fourth-order valence-corrected chi connectivity index (χ4v) is 3.11. The minimum Gasteiger partial charge on any atom is -0.468 e. The molecule has 1 N–H and O–H groups in total. The first kappa shape index (κ1) is 19.4. The van der Waals surface area contributed by atoms with Gasteiger partial charge in [0.2, 0.25) is 0 Å². The summed E-state index contributed by atoms with van der Waals surface area (Å²) >= 11 is 6.26. The summed E-state index contributed by atoms with van der Waals surface area (Å²) < 4.78 is 9.85. The van der Waals surface area contributed by atoms with Gasteiger partial charge in [-0.3, -0.25) is 4.90 Å². The van der Waals surface area contributed by atoms with E-state index in [-0.39, 0.29) is 13.2 Å². The molecule has 0 radical (unpaired) electrons. The minimum absolute atomic E-state index is 0.241. The van der Waals surface area contributed by atoms with E-state index in [9.17, 15) is 14.7 Å². The molecule has 0 aliphatic carbocycles. The quantitative estimate of drug-likeness (QED) is 0.634. The van der Waals surface area contributed by atoms with Gasteiger partial charge in [0.1, 0.15) is 6.04 Å². The molecule has 136 valence electrons. The van der Waals surface area contributed by atoms with E-state index in [1.54, 1.807) is 31.2 Å². The van der Waals surface area contributed by atoms with E-state index in [2.05, 4.69) is 0 Å². The largest absolute Gasteiger partial charge is 0.468 e. The van der Waals surface area contributed by atoms with E-state index in [0.717, 1.165) is 0 Å². The van der Waals surface area contributed by atoms with E-state index < -0.39 is 24.1 Å². The fraction of sp³-hybridized carbons (Fsp3) is 0.444. The first-order chi connectivity index (χ1) is 12.0. The maximum Gasteiger partial charge on any atom is 0.330 e. The number of benzene rings is 1. The third-order valence-electron chi connectivity index (χ3n) is 4.08. The van der Waals surface area contributed by atoms with E-state index in [4.69, 9.17) is 21.1 Å². The molecular weight excluding hydrogens is 346 g/mol. The second-order valence-corrected chi connectivity index (χ2v) is 6.10. The van der Waals surface area contributed by atoms with E-state index in [1.165, 1.54) is 13.2 Å². The van der Waals surface area contributed by atoms with Gasteiger partial charge in [0, 0.05) is 24.2 Å². The number of aliphatic hydroxyl groups is 1. The van der Waals surface area contributed by atoms with Gasteiger partial charge < -0.3 is 14.6 Å². The van der Waals surface area contributed by atoms with Crippen LogP contribution in [0.1, 0.15) is 24.9 Å². The SMILES string of the molecule is CCOC(=O)/C=C1\CN([C@H](C(=O)OC)c2ccccc2Cl)CC[C@@H]1O. The molecule has 1 heterocycles. The smallest absolute Gasteiger partial charge is 0.330 e. The van der Waals surface area contributed by atoms with E-state index in [0.29, 0.717) is 29.1 Å². The zero-order valence-electron chi connectivity index (χ0n) is 14.3. The Labute approximate surface area is 152 Å². The van der Waals surface area contributed by atoms with Gasteiger partial charge in [-0.2, -0.15) is 0 Å². The third-order valence-corrected chi connectivity index (χ3v) is 4.43. The van der Waals surface area contributed by atoms with Crippen molar-refractivity contribution in [2.45, 2.75) is 25.5 Å². The number of aliphatic hydroxyl groups excluding tert-OH is 1. The lowest BCUT2D eigenvalue weighted by molar-refractivity contribution is -0.147. The van der Waals surface area contributed by atoms with Gasteiger partial charge in [-0.25, -0.2) is 9.59 Å². The molecule has 1 saturated heterocycles. The highest BCUT2D eigenvalue weighted by Crippen LogP contribution is 2.32. The molecule has 1 aromatic rings. The molecule has 1 aliphatic rings. The highest BCUT2D eigenvalue weighted by molar-refractivity contribution is 6.31. The van der Waals surface area contributed by atoms with Crippen molar-refractivity contribution in [3.05, 3.63) is 46.5 Å². The zero-order valence-corrected chi connectivity index (χ0v) is 15.0. The van der Waals surface area contributed by atoms with Gasteiger partial charge >= 0.3 is 11.9 Å². The number of methoxy groups -OCH3 is 1. The predicted molar refractivity (Wildman–Crippen MR) is 93.1 cm³/mol. The normalized spacial score (nSPS) is 21.0. The number of likely N-dealkylation sites (tertiary alicyclic amines) is 1. The lowest BCUT2D eigenvalue weighted by Gasteiger charge is -2.36. The van der Waals surface area contributed by atoms with Crippen LogP contribution in [-0.4, -0.2) is 54.9 Å². The highest BCUT2D eigenvalue weighted by Gasteiger charge is 2.34. The molecule has 0 bridgehead atoms. The number of halogens is 1. The predicted octanol–water partition coefficient (Wildman–Crippen LogP) is 2.11. The van der Waals surface area contributed by atoms with Crippen LogP contribution in [0.25, 0.3) is 0 Å². The number of carbonyl (C=O) groups excluding carboxylic acids is 2. The first-order valence-corrected chi connectivity index (χ1v) is 8.47. The Morgan fingerprint density at radius 1 is 1.44 bits per heavy atom. The van der Waals surface area contributed by atoms with Crippen LogP contribution in [0.3, 0.4) is 0 Å². The number of carbonyl (C=O) groups is 2. The standard InChI is InChI=1S/C18H22ClNO5/c1-3-25-16(22)10-12-11-20(9-8-15(12)21)17(18(23)24-2)13-6-4-5-7-14(13)19/h4-7,10,15,17,21H,3,8-9,11H2,1-2H3/b12-10+/t15-,17-/m0/s1. The van der Waals surface area contributed by atoms with Crippen molar-refractivity contribution in [1.82, 2.24) is 4.90 Å². The zero-order chi connectivity index (χ0) is 18.4. The molecular formula is C18H22ClNO5. The molecule has 6 nitrogen and oxygen atoms in total. The summed E-state index contributed by atoms with van der Waals surface area (Å²) in [6, 6.07) is 6.35. The summed E-state index contributed by atoms with van der Waals surface area (Å²) in [6.07, 6.45) is 0.940. The average molecular weight is 368 g/mol. The molecule has 1 fully saturated rings. The summed E-state index contributed by atoms with van der Waals surface area (Å²) in [4.78, 5) is 25.9. The van der Waals surface area contributed by atoms with Crippen molar-refractivity contribution < 1.29 is 24.2 Å². The second-order valence-electron chi connectivity index (χ2n) is 5.69. The van der Waals surface area contributed by atoms with Gasteiger partial charge in [-0.1, -0.05) is 29.8 Å². The summed E-state index contributed by atoms with van der Waals surface area (Å²) in [5.41, 5.74) is 1.13. The van der Waals surface area contributed by atoms with Crippen molar-refractivity contribution in [2.24, 2.45) is 0 Å². The Morgan fingerprint density at radius 2 is 2.16 bits per heavy atom. The maximum atomic E-state index is 12.4. The number of hydrogen-bond donors (Lipinski definition) is 1. The van der Waals surface area contributed by atoms with Crippen molar-refractivity contribution >= 4 is 23.5 Å². The molecule has 0 saturated carbocycles. The molecule has 0 aromatic heterocycles. The highest BCUT2D eigenvalue weighted by atomic mass is 35.5. The Bertz CT molecular complexity index is 661. The number of rotatable bonds is 5. The summed E-state index contributed by atoms with van der Waals surface area (Å²) in [7, 11) is 1.32. The van der Waals surface area contributed by atoms with Crippen LogP contribution in [-0.2, 0) is 19.1 Å². The Kier molecular flexibility index (Phi) is 6.99. The minimum atomic E-state index is -0.745. The number of piperidine rings is 1. The van der Waals surface area contributed by atoms with Gasteiger partial charge in [-0.15, -0.1) is 0 Å². The number of nitrogens with zero attached hydrogens (tertiary/aromatic N) is 1. The van der Waals surface area contributed by atoms with Crippen molar-refractivity contribution in [1.29, 1.82) is 0 Å². The van der Waals surface area contributed by atoms with Gasteiger partial charge in [0.25, 0.3) is 0 Å². The number of esters is 2. The van der Waals surface area contributed by atoms with Crippen molar-refractivity contribution in [3.63, 3.8) is 0 Å². The van der Waals surface area contributed by atoms with Crippen LogP contribution in [0.2, 0.25) is 5.02 Å². The van der Waals surface area contributed by atoms with Crippen LogP contribution in [0.15, 0.2) is 35.9 Å². The van der Waals surface area contributed by atoms with Crippen LogP contribution < -0.4 is 0 Å². The molecule has 2 atom stereocenters. The molecule has 1 aliphatic heterocycles. The lowest BCUT2D eigenvalue weighted by Crippen LogP contribution is -2.43. The van der Waals surface area contributed by atoms with Crippen molar-refractivity contribution in [3.8, 4) is 0 Å². The second kappa shape index (κ2) is 8.99. The van der Waals surface area contributed by atoms with Crippen LogP contribution in [0.4, 0.5) is 0 Å². The molecule has 0 unspecified atom stereocenters. The number of ether oxygens (including phenoxy) is 2. The summed E-state index contributed by atoms with van der Waals surface area (Å²) in [6.45, 7) is 2.68. The molecule has 1 aromatic carbocycles. The van der Waals surface area contributed by atoms with Crippen LogP contribution >= 0.6 is 11.6 Å². The first-order valence-electron chi connectivity index (χ1n) is 8.09. The molecule has 0 spiro atoms. The fourth-order valence-electron chi connectivity index (χ4n) is 2.87. The van der Waals surface area contributed by atoms with Gasteiger partial charge in [0.05, 0.1) is 19.8 Å².